The maximum atomic E-state index is 12.3. The highest BCUT2D eigenvalue weighted by Gasteiger charge is 2.30. The van der Waals surface area contributed by atoms with Gasteiger partial charge in [0, 0.05) is 49.7 Å². The lowest BCUT2D eigenvalue weighted by Gasteiger charge is -2.37. The average Bonchev–Trinajstić information content (AvgIpc) is 3.44. The lowest BCUT2D eigenvalue weighted by molar-refractivity contribution is -0.126. The van der Waals surface area contributed by atoms with Crippen LogP contribution in [0, 0.1) is 0 Å². The molecule has 1 saturated carbocycles. The summed E-state index contributed by atoms with van der Waals surface area (Å²) in [4.78, 5) is 21.8. The first-order valence-corrected chi connectivity index (χ1v) is 11.4. The second-order valence-electron chi connectivity index (χ2n) is 7.87. The van der Waals surface area contributed by atoms with Crippen molar-refractivity contribution in [3.8, 4) is 16.3 Å². The SMILES string of the molecule is CCOc1ccc(-c2nc(CN3CCN(C(C)C(=O)NC4CC4)CC3)cs2)cc1. The molecule has 2 fully saturated rings. The lowest BCUT2D eigenvalue weighted by Crippen LogP contribution is -2.53. The van der Waals surface area contributed by atoms with Gasteiger partial charge in [0.1, 0.15) is 10.8 Å². The van der Waals surface area contributed by atoms with Crippen LogP contribution >= 0.6 is 11.3 Å². The number of nitrogens with one attached hydrogen (secondary N) is 1. The molecule has 6 nitrogen and oxygen atoms in total. The van der Waals surface area contributed by atoms with E-state index in [1.165, 1.54) is 0 Å². The predicted octanol–water partition coefficient (Wildman–Crippen LogP) is 2.99. The number of rotatable bonds is 8. The third kappa shape index (κ3) is 5.35. The molecule has 1 atom stereocenters. The van der Waals surface area contributed by atoms with Crippen molar-refractivity contribution in [2.45, 2.75) is 45.3 Å². The molecule has 1 aliphatic heterocycles. The normalized spacial score (nSPS) is 19.1. The summed E-state index contributed by atoms with van der Waals surface area (Å²) in [5, 5.41) is 6.32. The van der Waals surface area contributed by atoms with Crippen molar-refractivity contribution in [2.24, 2.45) is 0 Å². The van der Waals surface area contributed by atoms with E-state index in [9.17, 15) is 4.79 Å². The van der Waals surface area contributed by atoms with Crippen molar-refractivity contribution in [2.75, 3.05) is 32.8 Å². The summed E-state index contributed by atoms with van der Waals surface area (Å²) in [6, 6.07) is 8.53. The first-order chi connectivity index (χ1) is 14.1. The zero-order valence-electron chi connectivity index (χ0n) is 17.3. The standard InChI is InChI=1S/C22H30N4O2S/c1-3-28-20-8-4-17(5-9-20)22-24-19(15-29-22)14-25-10-12-26(13-11-25)16(2)21(27)23-18-6-7-18/h4-5,8-9,15-16,18H,3,6-7,10-14H2,1-2H3,(H,23,27). The van der Waals surface area contributed by atoms with Crippen molar-refractivity contribution in [1.29, 1.82) is 0 Å². The van der Waals surface area contributed by atoms with Crippen molar-refractivity contribution in [3.05, 3.63) is 35.3 Å². The Morgan fingerprint density at radius 3 is 2.62 bits per heavy atom. The van der Waals surface area contributed by atoms with Gasteiger partial charge in [0.25, 0.3) is 0 Å². The zero-order chi connectivity index (χ0) is 20.2. The number of amides is 1. The van der Waals surface area contributed by atoms with Gasteiger partial charge in [-0.1, -0.05) is 0 Å². The van der Waals surface area contributed by atoms with Crippen molar-refractivity contribution < 1.29 is 9.53 Å². The number of thiazole rings is 1. The smallest absolute Gasteiger partial charge is 0.237 e. The van der Waals surface area contributed by atoms with Gasteiger partial charge in [0.05, 0.1) is 18.3 Å². The van der Waals surface area contributed by atoms with Gasteiger partial charge in [-0.05, 0) is 51.0 Å². The van der Waals surface area contributed by atoms with E-state index in [4.69, 9.17) is 9.72 Å². The number of hydrogen-bond donors (Lipinski definition) is 1. The number of piperazine rings is 1. The number of carbonyl (C=O) groups is 1. The summed E-state index contributed by atoms with van der Waals surface area (Å²) in [6.07, 6.45) is 2.27. The fraction of sp³-hybridized carbons (Fsp3) is 0.545. The highest BCUT2D eigenvalue weighted by Crippen LogP contribution is 2.26. The lowest BCUT2D eigenvalue weighted by atomic mass is 10.2. The molecule has 7 heteroatoms. The molecular formula is C22H30N4O2S. The van der Waals surface area contributed by atoms with Crippen LogP contribution in [0.15, 0.2) is 29.6 Å². The van der Waals surface area contributed by atoms with E-state index < -0.39 is 0 Å². The number of ether oxygens (including phenoxy) is 1. The van der Waals surface area contributed by atoms with Crippen LogP contribution in [-0.4, -0.2) is 65.6 Å². The molecule has 2 aliphatic rings. The van der Waals surface area contributed by atoms with Crippen molar-refractivity contribution in [3.63, 3.8) is 0 Å². The minimum absolute atomic E-state index is 0.0386. The van der Waals surface area contributed by atoms with Crippen LogP contribution in [0.2, 0.25) is 0 Å². The zero-order valence-corrected chi connectivity index (χ0v) is 18.1. The van der Waals surface area contributed by atoms with Crippen LogP contribution in [0.3, 0.4) is 0 Å². The summed E-state index contributed by atoms with van der Waals surface area (Å²) in [7, 11) is 0. The van der Waals surface area contributed by atoms with Crippen molar-refractivity contribution >= 4 is 17.2 Å². The quantitative estimate of drug-likeness (QED) is 0.720. The van der Waals surface area contributed by atoms with Crippen LogP contribution in [-0.2, 0) is 11.3 Å². The predicted molar refractivity (Wildman–Crippen MR) is 116 cm³/mol. The maximum Gasteiger partial charge on any atom is 0.237 e. The van der Waals surface area contributed by atoms with E-state index in [2.05, 4.69) is 32.6 Å². The molecule has 1 N–H and O–H groups in total. The van der Waals surface area contributed by atoms with E-state index in [-0.39, 0.29) is 11.9 Å². The van der Waals surface area contributed by atoms with Crippen LogP contribution in [0.5, 0.6) is 5.75 Å². The van der Waals surface area contributed by atoms with E-state index >= 15 is 0 Å². The highest BCUT2D eigenvalue weighted by molar-refractivity contribution is 7.13. The van der Waals surface area contributed by atoms with Gasteiger partial charge in [0.15, 0.2) is 0 Å². The molecule has 2 aromatic rings. The van der Waals surface area contributed by atoms with Crippen LogP contribution in [0.25, 0.3) is 10.6 Å². The van der Waals surface area contributed by atoms with Gasteiger partial charge in [-0.2, -0.15) is 0 Å². The summed E-state index contributed by atoms with van der Waals surface area (Å²) >= 11 is 1.69. The maximum absolute atomic E-state index is 12.3. The summed E-state index contributed by atoms with van der Waals surface area (Å²) in [6.45, 7) is 9.35. The van der Waals surface area contributed by atoms with E-state index in [0.717, 1.165) is 67.6 Å². The van der Waals surface area contributed by atoms with Gasteiger partial charge in [0.2, 0.25) is 5.91 Å². The second kappa shape index (κ2) is 9.24. The van der Waals surface area contributed by atoms with Gasteiger partial charge in [-0.15, -0.1) is 11.3 Å². The Morgan fingerprint density at radius 1 is 1.24 bits per heavy atom. The topological polar surface area (TPSA) is 57.7 Å². The molecule has 1 aromatic carbocycles. The number of aromatic nitrogens is 1. The molecule has 1 aromatic heterocycles. The van der Waals surface area contributed by atoms with E-state index in [1.54, 1.807) is 11.3 Å². The van der Waals surface area contributed by atoms with Gasteiger partial charge in [-0.25, -0.2) is 4.98 Å². The van der Waals surface area contributed by atoms with Gasteiger partial charge < -0.3 is 10.1 Å². The van der Waals surface area contributed by atoms with Crippen LogP contribution in [0.4, 0.5) is 0 Å². The number of benzene rings is 1. The second-order valence-corrected chi connectivity index (χ2v) is 8.73. The number of hydrogen-bond acceptors (Lipinski definition) is 6. The molecule has 1 saturated heterocycles. The third-order valence-electron chi connectivity index (χ3n) is 5.61. The molecular weight excluding hydrogens is 384 g/mol. The summed E-state index contributed by atoms with van der Waals surface area (Å²) < 4.78 is 5.51. The largest absolute Gasteiger partial charge is 0.494 e. The molecule has 156 valence electrons. The first kappa shape index (κ1) is 20.3. The molecule has 0 bridgehead atoms. The van der Waals surface area contributed by atoms with E-state index in [0.29, 0.717) is 12.6 Å². The monoisotopic (exact) mass is 414 g/mol. The Balaban J connectivity index is 1.27. The fourth-order valence-corrected chi connectivity index (χ4v) is 4.44. The Labute approximate surface area is 176 Å². The molecule has 2 heterocycles. The minimum atomic E-state index is -0.0386. The number of carbonyl (C=O) groups excluding carboxylic acids is 1. The minimum Gasteiger partial charge on any atom is -0.494 e. The highest BCUT2D eigenvalue weighted by atomic mass is 32.1. The molecule has 0 spiro atoms. The molecule has 1 amide bonds. The summed E-state index contributed by atoms with van der Waals surface area (Å²) in [5.41, 5.74) is 2.25. The van der Waals surface area contributed by atoms with Crippen LogP contribution < -0.4 is 10.1 Å². The van der Waals surface area contributed by atoms with Gasteiger partial charge >= 0.3 is 0 Å². The Morgan fingerprint density at radius 2 is 1.97 bits per heavy atom. The Hall–Kier alpha value is -1.96. The Kier molecular flexibility index (Phi) is 6.47. The Bertz CT molecular complexity index is 810. The van der Waals surface area contributed by atoms with Gasteiger partial charge in [-0.3, -0.25) is 14.6 Å². The summed E-state index contributed by atoms with van der Waals surface area (Å²) in [5.74, 6) is 1.08. The van der Waals surface area contributed by atoms with E-state index in [1.807, 2.05) is 26.0 Å². The average molecular weight is 415 g/mol. The molecule has 1 aliphatic carbocycles. The number of nitrogens with zero attached hydrogens (tertiary/aromatic N) is 3. The first-order valence-electron chi connectivity index (χ1n) is 10.6. The molecule has 1 unspecified atom stereocenters. The molecule has 4 rings (SSSR count). The van der Waals surface area contributed by atoms with Crippen LogP contribution in [0.1, 0.15) is 32.4 Å². The third-order valence-corrected chi connectivity index (χ3v) is 6.55. The molecule has 0 radical (unpaired) electrons. The van der Waals surface area contributed by atoms with Crippen molar-refractivity contribution in [1.82, 2.24) is 20.1 Å². The fourth-order valence-electron chi connectivity index (χ4n) is 3.63. The molecule has 29 heavy (non-hydrogen) atoms.